The average molecular weight is 277 g/mol. The van der Waals surface area contributed by atoms with Gasteiger partial charge in [-0.2, -0.15) is 0 Å². The molecular weight excluding hydrogens is 265 g/mol. The van der Waals surface area contributed by atoms with E-state index >= 15 is 0 Å². The van der Waals surface area contributed by atoms with E-state index in [0.717, 1.165) is 10.9 Å². The lowest BCUT2D eigenvalue weighted by atomic mass is 9.91. The molecule has 0 aromatic heterocycles. The van der Waals surface area contributed by atoms with Gasteiger partial charge in [-0.15, -0.1) is 0 Å². The van der Waals surface area contributed by atoms with E-state index in [0.29, 0.717) is 12.2 Å². The van der Waals surface area contributed by atoms with Gasteiger partial charge in [-0.1, -0.05) is 18.2 Å². The molecular formula is C13H12NO4P. The maximum absolute atomic E-state index is 12.5. The lowest BCUT2D eigenvalue weighted by Crippen LogP contribution is -2.14. The van der Waals surface area contributed by atoms with E-state index in [4.69, 9.17) is 4.52 Å². The quantitative estimate of drug-likeness (QED) is 0.444. The van der Waals surface area contributed by atoms with E-state index < -0.39 is 12.3 Å². The van der Waals surface area contributed by atoms with Crippen LogP contribution >= 0.6 is 7.37 Å². The largest absolute Gasteiger partial charge is 0.440 e. The molecule has 1 aromatic carbocycles. The molecule has 1 aromatic rings. The first-order chi connectivity index (χ1) is 8.99. The van der Waals surface area contributed by atoms with Crippen LogP contribution in [0, 0.1) is 10.1 Å². The maximum Gasteiger partial charge on any atom is 0.270 e. The van der Waals surface area contributed by atoms with Crippen molar-refractivity contribution >= 4 is 13.1 Å². The van der Waals surface area contributed by atoms with Crippen molar-refractivity contribution in [2.45, 2.75) is 12.3 Å². The third kappa shape index (κ3) is 1.90. The van der Waals surface area contributed by atoms with Crippen LogP contribution in [0.25, 0.3) is 0 Å². The topological polar surface area (TPSA) is 69.4 Å². The van der Waals surface area contributed by atoms with Crippen LogP contribution in [0.3, 0.4) is 0 Å². The van der Waals surface area contributed by atoms with Crippen LogP contribution in [0.1, 0.15) is 17.9 Å². The Morgan fingerprint density at radius 3 is 3.00 bits per heavy atom. The van der Waals surface area contributed by atoms with Crippen molar-refractivity contribution in [2.24, 2.45) is 0 Å². The van der Waals surface area contributed by atoms with Crippen molar-refractivity contribution in [2.75, 3.05) is 6.66 Å². The van der Waals surface area contributed by atoms with Gasteiger partial charge in [0.15, 0.2) is 0 Å². The number of hydrogen-bond donors (Lipinski definition) is 0. The van der Waals surface area contributed by atoms with Crippen molar-refractivity contribution in [3.05, 3.63) is 57.4 Å². The fraction of sp³-hybridized carbons (Fsp3) is 0.231. The Kier molecular flexibility index (Phi) is 2.61. The van der Waals surface area contributed by atoms with Crippen molar-refractivity contribution in [1.29, 1.82) is 0 Å². The Morgan fingerprint density at radius 2 is 2.26 bits per heavy atom. The fourth-order valence-electron chi connectivity index (χ4n) is 2.57. The lowest BCUT2D eigenvalue weighted by Gasteiger charge is -2.33. The summed E-state index contributed by atoms with van der Waals surface area (Å²) in [5, 5.41) is 11.6. The number of nitrogens with zero attached hydrogens (tertiary/aromatic N) is 1. The first kappa shape index (κ1) is 12.2. The molecule has 2 atom stereocenters. The molecule has 0 spiro atoms. The van der Waals surface area contributed by atoms with Crippen LogP contribution in [-0.2, 0) is 4.57 Å². The highest BCUT2D eigenvalue weighted by molar-refractivity contribution is 7.63. The van der Waals surface area contributed by atoms with Gasteiger partial charge in [-0.25, -0.2) is 0 Å². The smallest absolute Gasteiger partial charge is 0.270 e. The summed E-state index contributed by atoms with van der Waals surface area (Å²) in [5.74, 6) is 0.415. The maximum atomic E-state index is 12.5. The first-order valence-corrected chi connectivity index (χ1v) is 7.99. The van der Waals surface area contributed by atoms with Crippen LogP contribution in [0.4, 0.5) is 5.69 Å². The second-order valence-corrected chi connectivity index (χ2v) is 7.12. The molecule has 0 saturated heterocycles. The van der Waals surface area contributed by atoms with E-state index in [1.165, 1.54) is 12.1 Å². The molecule has 0 radical (unpaired) electrons. The number of non-ortho nitro benzene ring substituents is 1. The molecule has 0 bridgehead atoms. The van der Waals surface area contributed by atoms with Gasteiger partial charge in [-0.3, -0.25) is 14.7 Å². The summed E-state index contributed by atoms with van der Waals surface area (Å²) in [6.45, 7) is 1.59. The van der Waals surface area contributed by atoms with Crippen molar-refractivity contribution in [3.63, 3.8) is 0 Å². The number of allylic oxidation sites excluding steroid dienone is 4. The Balaban J connectivity index is 2.19. The van der Waals surface area contributed by atoms with Gasteiger partial charge >= 0.3 is 0 Å². The van der Waals surface area contributed by atoms with Crippen LogP contribution in [0.15, 0.2) is 41.7 Å². The molecule has 3 rings (SSSR count). The third-order valence-electron chi connectivity index (χ3n) is 3.45. The zero-order valence-corrected chi connectivity index (χ0v) is 11.2. The summed E-state index contributed by atoms with van der Waals surface area (Å²) < 4.78 is 18.1. The van der Waals surface area contributed by atoms with Gasteiger partial charge < -0.3 is 4.52 Å². The number of fused-ring (bicyclic) bond motifs is 3. The van der Waals surface area contributed by atoms with E-state index in [1.807, 2.05) is 12.2 Å². The molecule has 1 aliphatic heterocycles. The minimum absolute atomic E-state index is 0.0316. The van der Waals surface area contributed by atoms with Crippen LogP contribution in [0.2, 0.25) is 0 Å². The molecule has 6 heteroatoms. The Labute approximate surface area is 110 Å². The fourth-order valence-corrected chi connectivity index (χ4v) is 4.38. The second-order valence-electron chi connectivity index (χ2n) is 4.72. The molecule has 2 unspecified atom stereocenters. The molecule has 1 aliphatic carbocycles. The number of hydrogen-bond acceptors (Lipinski definition) is 4. The Morgan fingerprint density at radius 1 is 1.47 bits per heavy atom. The van der Waals surface area contributed by atoms with Crippen LogP contribution in [0.5, 0.6) is 5.75 Å². The molecule has 5 nitrogen and oxygen atoms in total. The van der Waals surface area contributed by atoms with Crippen molar-refractivity contribution in [1.82, 2.24) is 0 Å². The van der Waals surface area contributed by atoms with E-state index in [-0.39, 0.29) is 11.6 Å². The molecule has 0 fully saturated rings. The van der Waals surface area contributed by atoms with Gasteiger partial charge in [0.25, 0.3) is 13.1 Å². The van der Waals surface area contributed by atoms with Crippen LogP contribution in [-0.4, -0.2) is 11.6 Å². The number of nitro groups is 1. The summed E-state index contributed by atoms with van der Waals surface area (Å²) in [4.78, 5) is 10.4. The zero-order chi connectivity index (χ0) is 13.6. The highest BCUT2D eigenvalue weighted by Gasteiger charge is 2.39. The molecule has 2 aliphatic rings. The van der Waals surface area contributed by atoms with E-state index in [9.17, 15) is 14.7 Å². The molecule has 19 heavy (non-hydrogen) atoms. The normalized spacial score (nSPS) is 27.8. The summed E-state index contributed by atoms with van der Waals surface area (Å²) >= 11 is 0. The number of benzene rings is 1. The number of nitro benzene ring substituents is 1. The minimum atomic E-state index is -2.85. The van der Waals surface area contributed by atoms with Gasteiger partial charge in [-0.05, 0) is 12.5 Å². The Hall–Kier alpha value is -1.87. The Bertz CT molecular complexity index is 677. The summed E-state index contributed by atoms with van der Waals surface area (Å²) in [6.07, 6.45) is 6.33. The highest BCUT2D eigenvalue weighted by Crippen LogP contribution is 2.63. The van der Waals surface area contributed by atoms with Gasteiger partial charge in [0, 0.05) is 35.6 Å². The zero-order valence-electron chi connectivity index (χ0n) is 10.3. The number of rotatable bonds is 1. The predicted molar refractivity (Wildman–Crippen MR) is 71.8 cm³/mol. The summed E-state index contributed by atoms with van der Waals surface area (Å²) in [6, 6.07) is 4.44. The average Bonchev–Trinajstić information content (AvgIpc) is 2.38. The SMILES string of the molecule is CP1(=O)Oc2ccc([N+](=O)[O-])cc2C2CC=CC=C21. The van der Waals surface area contributed by atoms with E-state index in [1.54, 1.807) is 18.8 Å². The van der Waals surface area contributed by atoms with E-state index in [2.05, 4.69) is 0 Å². The molecule has 0 amide bonds. The second kappa shape index (κ2) is 4.07. The molecule has 1 heterocycles. The predicted octanol–water partition coefficient (Wildman–Crippen LogP) is 3.82. The van der Waals surface area contributed by atoms with Gasteiger partial charge in [0.05, 0.1) is 4.92 Å². The minimum Gasteiger partial charge on any atom is -0.440 e. The highest BCUT2D eigenvalue weighted by atomic mass is 31.2. The van der Waals surface area contributed by atoms with Crippen LogP contribution < -0.4 is 4.52 Å². The molecule has 0 saturated carbocycles. The van der Waals surface area contributed by atoms with Crippen molar-refractivity contribution in [3.8, 4) is 5.75 Å². The lowest BCUT2D eigenvalue weighted by molar-refractivity contribution is -0.384. The van der Waals surface area contributed by atoms with Gasteiger partial charge in [0.2, 0.25) is 0 Å². The van der Waals surface area contributed by atoms with Crippen molar-refractivity contribution < 1.29 is 14.0 Å². The third-order valence-corrected chi connectivity index (χ3v) is 5.40. The summed E-state index contributed by atoms with van der Waals surface area (Å²) in [5.41, 5.74) is 0.780. The van der Waals surface area contributed by atoms with Gasteiger partial charge in [0.1, 0.15) is 5.75 Å². The molecule has 0 N–H and O–H groups in total. The standard InChI is InChI=1S/C13H12NO4P/c1-19(17)13-5-3-2-4-10(13)11-8-9(14(15)16)6-7-12(11)18-19/h2-3,5-8,10H,4H2,1H3. The summed E-state index contributed by atoms with van der Waals surface area (Å²) in [7, 11) is -2.85. The monoisotopic (exact) mass is 277 g/mol. The molecule has 98 valence electrons. The first-order valence-electron chi connectivity index (χ1n) is 5.92.